The van der Waals surface area contributed by atoms with Gasteiger partial charge in [0, 0.05) is 49.6 Å². The van der Waals surface area contributed by atoms with E-state index in [0.717, 1.165) is 17.8 Å². The Hall–Kier alpha value is -3.68. The van der Waals surface area contributed by atoms with E-state index < -0.39 is 17.7 Å². The zero-order valence-corrected chi connectivity index (χ0v) is 17.1. The number of nitrogens with one attached hydrogen (secondary N) is 1. The Morgan fingerprint density at radius 2 is 1.88 bits per heavy atom. The van der Waals surface area contributed by atoms with Crippen LogP contribution in [0.2, 0.25) is 0 Å². The van der Waals surface area contributed by atoms with Crippen molar-refractivity contribution in [1.82, 2.24) is 19.7 Å². The van der Waals surface area contributed by atoms with Crippen molar-refractivity contribution >= 4 is 11.6 Å². The minimum atomic E-state index is -4.47. The van der Waals surface area contributed by atoms with Crippen molar-refractivity contribution in [3.05, 3.63) is 102 Å². The molecule has 0 bridgehead atoms. The van der Waals surface area contributed by atoms with Crippen molar-refractivity contribution in [3.63, 3.8) is 0 Å². The summed E-state index contributed by atoms with van der Waals surface area (Å²) in [6, 6.07) is 16.1. The van der Waals surface area contributed by atoms with Crippen LogP contribution in [0.4, 0.5) is 13.2 Å². The van der Waals surface area contributed by atoms with E-state index in [4.69, 9.17) is 0 Å². The van der Waals surface area contributed by atoms with Gasteiger partial charge in [0.15, 0.2) is 0 Å². The molecule has 1 unspecified atom stereocenters. The standard InChI is InChI=1S/C24H21F3N4O/c25-24(26,27)18-7-5-6-17(14-18)20(21-16-30-22-9-2-4-13-31(21)22)15-23(32)29-12-10-19-8-1-3-11-28-19/h1-9,11,13-14,16,20H,10,12,15H2,(H,29,32). The predicted octanol–water partition coefficient (Wildman–Crippen LogP) is 4.63. The Morgan fingerprint density at radius 3 is 2.66 bits per heavy atom. The lowest BCUT2D eigenvalue weighted by Crippen LogP contribution is -2.28. The highest BCUT2D eigenvalue weighted by atomic mass is 19.4. The zero-order chi connectivity index (χ0) is 22.6. The SMILES string of the molecule is O=C(CC(c1cccc(C(F)(F)F)c1)c1cnc2ccccn12)NCCc1ccccn1. The lowest BCUT2D eigenvalue weighted by Gasteiger charge is -2.19. The van der Waals surface area contributed by atoms with Gasteiger partial charge in [-0.25, -0.2) is 4.98 Å². The van der Waals surface area contributed by atoms with Crippen molar-refractivity contribution in [2.24, 2.45) is 0 Å². The first-order chi connectivity index (χ1) is 15.4. The number of hydrogen-bond donors (Lipinski definition) is 1. The molecule has 8 heteroatoms. The molecule has 0 aliphatic heterocycles. The molecule has 1 amide bonds. The molecule has 4 aromatic rings. The van der Waals surface area contributed by atoms with Gasteiger partial charge in [0.05, 0.1) is 11.3 Å². The molecule has 1 N–H and O–H groups in total. The fraction of sp³-hybridized carbons (Fsp3) is 0.208. The maximum absolute atomic E-state index is 13.3. The van der Waals surface area contributed by atoms with Crippen molar-refractivity contribution < 1.29 is 18.0 Å². The molecule has 1 atom stereocenters. The van der Waals surface area contributed by atoms with Gasteiger partial charge < -0.3 is 9.72 Å². The summed E-state index contributed by atoms with van der Waals surface area (Å²) in [5.74, 6) is -0.848. The van der Waals surface area contributed by atoms with Gasteiger partial charge in [0.1, 0.15) is 5.65 Å². The molecule has 4 rings (SSSR count). The Morgan fingerprint density at radius 1 is 1.03 bits per heavy atom. The summed E-state index contributed by atoms with van der Waals surface area (Å²) in [6.45, 7) is 0.387. The fourth-order valence-electron chi connectivity index (χ4n) is 3.67. The molecule has 3 aromatic heterocycles. The first kappa shape index (κ1) is 21.5. The predicted molar refractivity (Wildman–Crippen MR) is 114 cm³/mol. The summed E-state index contributed by atoms with van der Waals surface area (Å²) in [6.07, 6.45) is 1.18. The van der Waals surface area contributed by atoms with Crippen molar-refractivity contribution in [2.45, 2.75) is 24.9 Å². The maximum Gasteiger partial charge on any atom is 0.416 e. The average molecular weight is 438 g/mol. The number of amides is 1. The van der Waals surface area contributed by atoms with Crippen LogP contribution in [0.1, 0.15) is 34.9 Å². The number of alkyl halides is 3. The second-order valence-electron chi connectivity index (χ2n) is 7.41. The van der Waals surface area contributed by atoms with Gasteiger partial charge in [-0.1, -0.05) is 30.3 Å². The topological polar surface area (TPSA) is 59.3 Å². The molecule has 0 spiro atoms. The molecule has 0 fully saturated rings. The van der Waals surface area contributed by atoms with Gasteiger partial charge in [-0.05, 0) is 35.9 Å². The minimum absolute atomic E-state index is 0.00772. The van der Waals surface area contributed by atoms with Crippen LogP contribution in [-0.4, -0.2) is 26.8 Å². The number of imidazole rings is 1. The summed E-state index contributed by atoms with van der Waals surface area (Å²) in [5, 5.41) is 2.86. The number of pyridine rings is 2. The monoisotopic (exact) mass is 438 g/mol. The molecule has 164 valence electrons. The van der Waals surface area contributed by atoms with Crippen LogP contribution in [0.5, 0.6) is 0 Å². The maximum atomic E-state index is 13.3. The molecule has 0 saturated carbocycles. The van der Waals surface area contributed by atoms with Crippen LogP contribution in [0.15, 0.2) is 79.3 Å². The van der Waals surface area contributed by atoms with Gasteiger partial charge in [-0.3, -0.25) is 9.78 Å². The first-order valence-electron chi connectivity index (χ1n) is 10.2. The third kappa shape index (κ3) is 4.96. The summed E-state index contributed by atoms with van der Waals surface area (Å²) in [4.78, 5) is 21.3. The van der Waals surface area contributed by atoms with Gasteiger partial charge in [0.25, 0.3) is 0 Å². The summed E-state index contributed by atoms with van der Waals surface area (Å²) < 4.78 is 41.7. The summed E-state index contributed by atoms with van der Waals surface area (Å²) in [7, 11) is 0. The van der Waals surface area contributed by atoms with Crippen LogP contribution in [-0.2, 0) is 17.4 Å². The summed E-state index contributed by atoms with van der Waals surface area (Å²) >= 11 is 0. The number of benzene rings is 1. The Bertz CT molecular complexity index is 1200. The number of rotatable bonds is 7. The molecular formula is C24H21F3N4O. The van der Waals surface area contributed by atoms with Crippen molar-refractivity contribution in [2.75, 3.05) is 6.54 Å². The van der Waals surface area contributed by atoms with E-state index in [1.807, 2.05) is 30.3 Å². The van der Waals surface area contributed by atoms with Crippen LogP contribution in [0.25, 0.3) is 5.65 Å². The number of carbonyl (C=O) groups is 1. The van der Waals surface area contributed by atoms with Crippen LogP contribution < -0.4 is 5.32 Å². The number of carbonyl (C=O) groups excluding carboxylic acids is 1. The molecule has 0 aliphatic carbocycles. The van der Waals surface area contributed by atoms with E-state index in [9.17, 15) is 18.0 Å². The second kappa shape index (κ2) is 9.21. The number of nitrogens with zero attached hydrogens (tertiary/aromatic N) is 3. The van der Waals surface area contributed by atoms with Crippen molar-refractivity contribution in [1.29, 1.82) is 0 Å². The minimum Gasteiger partial charge on any atom is -0.356 e. The molecule has 0 radical (unpaired) electrons. The third-order valence-corrected chi connectivity index (χ3v) is 5.24. The van der Waals surface area contributed by atoms with Crippen LogP contribution in [0.3, 0.4) is 0 Å². The highest BCUT2D eigenvalue weighted by Gasteiger charge is 2.32. The third-order valence-electron chi connectivity index (χ3n) is 5.24. The van der Waals surface area contributed by atoms with E-state index in [0.29, 0.717) is 29.9 Å². The number of fused-ring (bicyclic) bond motifs is 1. The molecule has 5 nitrogen and oxygen atoms in total. The van der Waals surface area contributed by atoms with Gasteiger partial charge in [-0.2, -0.15) is 13.2 Å². The number of aromatic nitrogens is 3. The average Bonchev–Trinajstić information content (AvgIpc) is 3.22. The fourth-order valence-corrected chi connectivity index (χ4v) is 3.67. The highest BCUT2D eigenvalue weighted by Crippen LogP contribution is 2.34. The Kier molecular flexibility index (Phi) is 6.20. The molecule has 0 aliphatic rings. The van der Waals surface area contributed by atoms with Gasteiger partial charge >= 0.3 is 6.18 Å². The highest BCUT2D eigenvalue weighted by molar-refractivity contribution is 5.77. The Balaban J connectivity index is 1.59. The molecule has 0 saturated heterocycles. The van der Waals surface area contributed by atoms with Crippen LogP contribution in [0, 0.1) is 0 Å². The first-order valence-corrected chi connectivity index (χ1v) is 10.2. The van der Waals surface area contributed by atoms with E-state index in [-0.39, 0.29) is 12.3 Å². The van der Waals surface area contributed by atoms with Crippen molar-refractivity contribution in [3.8, 4) is 0 Å². The molecule has 1 aromatic carbocycles. The Labute approximate surface area is 183 Å². The van der Waals surface area contributed by atoms with E-state index in [1.165, 1.54) is 6.07 Å². The normalized spacial score (nSPS) is 12.6. The zero-order valence-electron chi connectivity index (χ0n) is 17.1. The van der Waals surface area contributed by atoms with Gasteiger partial charge in [0.2, 0.25) is 5.91 Å². The van der Waals surface area contributed by atoms with E-state index in [1.54, 1.807) is 35.1 Å². The van der Waals surface area contributed by atoms with Gasteiger partial charge in [-0.15, -0.1) is 0 Å². The second-order valence-corrected chi connectivity index (χ2v) is 7.41. The molecule has 3 heterocycles. The summed E-state index contributed by atoms with van der Waals surface area (Å²) in [5.41, 5.74) is 1.83. The van der Waals surface area contributed by atoms with E-state index >= 15 is 0 Å². The largest absolute Gasteiger partial charge is 0.416 e. The lowest BCUT2D eigenvalue weighted by atomic mass is 9.91. The smallest absolute Gasteiger partial charge is 0.356 e. The molecule has 32 heavy (non-hydrogen) atoms. The van der Waals surface area contributed by atoms with E-state index in [2.05, 4.69) is 15.3 Å². The number of hydrogen-bond acceptors (Lipinski definition) is 3. The van der Waals surface area contributed by atoms with Crippen LogP contribution >= 0.6 is 0 Å². The molecular weight excluding hydrogens is 417 g/mol. The quantitative estimate of drug-likeness (QED) is 0.458. The lowest BCUT2D eigenvalue weighted by molar-refractivity contribution is -0.137. The number of halogens is 3.